The van der Waals surface area contributed by atoms with Crippen LogP contribution in [0.4, 0.5) is 0 Å². The van der Waals surface area contributed by atoms with Crippen molar-refractivity contribution in [3.63, 3.8) is 0 Å². The van der Waals surface area contributed by atoms with Crippen LogP contribution in [0.2, 0.25) is 0 Å². The quantitative estimate of drug-likeness (QED) is 0.698. The molecular formula is C19H20BrNO3. The molecule has 0 aliphatic heterocycles. The number of ketones is 1. The highest BCUT2D eigenvalue weighted by Gasteiger charge is 2.09. The van der Waals surface area contributed by atoms with E-state index in [0.29, 0.717) is 12.1 Å². The van der Waals surface area contributed by atoms with Gasteiger partial charge in [0, 0.05) is 29.4 Å². The summed E-state index contributed by atoms with van der Waals surface area (Å²) in [6, 6.07) is 14.9. The second kappa shape index (κ2) is 9.23. The third-order valence-corrected chi connectivity index (χ3v) is 4.17. The standard InChI is InChI=1S/C19H20BrNO3/c1-24-17-8-2-14(3-9-17)12-13-21-19(23)11-10-18(22)15-4-6-16(20)7-5-15/h2-9H,10-13H2,1H3,(H,21,23). The van der Waals surface area contributed by atoms with Crippen molar-refractivity contribution in [2.45, 2.75) is 19.3 Å². The summed E-state index contributed by atoms with van der Waals surface area (Å²) in [6.07, 6.45) is 1.17. The minimum atomic E-state index is -0.103. The van der Waals surface area contributed by atoms with Crippen molar-refractivity contribution in [2.24, 2.45) is 0 Å². The SMILES string of the molecule is COc1ccc(CCNC(=O)CCC(=O)c2ccc(Br)cc2)cc1. The first-order valence-corrected chi connectivity index (χ1v) is 8.56. The highest BCUT2D eigenvalue weighted by Crippen LogP contribution is 2.13. The van der Waals surface area contributed by atoms with Gasteiger partial charge in [-0.05, 0) is 36.2 Å². The number of ether oxygens (including phenoxy) is 1. The zero-order chi connectivity index (χ0) is 17.4. The van der Waals surface area contributed by atoms with Crippen LogP contribution in [0.15, 0.2) is 53.0 Å². The van der Waals surface area contributed by atoms with E-state index in [1.54, 1.807) is 19.2 Å². The van der Waals surface area contributed by atoms with E-state index in [9.17, 15) is 9.59 Å². The molecule has 4 nitrogen and oxygen atoms in total. The van der Waals surface area contributed by atoms with Crippen LogP contribution < -0.4 is 10.1 Å². The van der Waals surface area contributed by atoms with Gasteiger partial charge in [-0.3, -0.25) is 9.59 Å². The molecule has 2 aromatic rings. The molecule has 0 spiro atoms. The third kappa shape index (κ3) is 5.81. The average Bonchev–Trinajstić information content (AvgIpc) is 2.61. The Hall–Kier alpha value is -2.14. The highest BCUT2D eigenvalue weighted by atomic mass is 79.9. The fraction of sp³-hybridized carbons (Fsp3) is 0.263. The summed E-state index contributed by atoms with van der Waals surface area (Å²) in [5, 5.41) is 2.85. The maximum atomic E-state index is 12.0. The number of nitrogens with one attached hydrogen (secondary N) is 1. The van der Waals surface area contributed by atoms with E-state index in [2.05, 4.69) is 21.2 Å². The zero-order valence-electron chi connectivity index (χ0n) is 13.5. The molecule has 0 saturated heterocycles. The molecule has 0 bridgehead atoms. The van der Waals surface area contributed by atoms with Crippen LogP contribution in [0.5, 0.6) is 5.75 Å². The fourth-order valence-electron chi connectivity index (χ4n) is 2.23. The lowest BCUT2D eigenvalue weighted by molar-refractivity contribution is -0.121. The van der Waals surface area contributed by atoms with Crippen molar-refractivity contribution in [1.29, 1.82) is 0 Å². The van der Waals surface area contributed by atoms with Gasteiger partial charge in [-0.2, -0.15) is 0 Å². The van der Waals surface area contributed by atoms with Gasteiger partial charge in [0.25, 0.3) is 0 Å². The molecule has 0 atom stereocenters. The number of benzene rings is 2. The van der Waals surface area contributed by atoms with Crippen molar-refractivity contribution in [1.82, 2.24) is 5.32 Å². The van der Waals surface area contributed by atoms with Crippen molar-refractivity contribution in [3.05, 3.63) is 64.1 Å². The van der Waals surface area contributed by atoms with E-state index in [1.165, 1.54) is 0 Å². The molecule has 0 unspecified atom stereocenters. The molecule has 5 heteroatoms. The zero-order valence-corrected chi connectivity index (χ0v) is 15.1. The summed E-state index contributed by atoms with van der Waals surface area (Å²) < 4.78 is 6.03. The molecular weight excluding hydrogens is 370 g/mol. The molecule has 2 aromatic carbocycles. The van der Waals surface area contributed by atoms with Gasteiger partial charge in [-0.1, -0.05) is 40.2 Å². The molecule has 0 saturated carbocycles. The minimum absolute atomic E-state index is 0.0206. The van der Waals surface area contributed by atoms with Crippen molar-refractivity contribution < 1.29 is 14.3 Å². The number of hydrogen-bond acceptors (Lipinski definition) is 3. The van der Waals surface area contributed by atoms with E-state index >= 15 is 0 Å². The van der Waals surface area contributed by atoms with Crippen molar-refractivity contribution in [2.75, 3.05) is 13.7 Å². The molecule has 24 heavy (non-hydrogen) atoms. The Balaban J connectivity index is 1.69. The maximum absolute atomic E-state index is 12.0. The smallest absolute Gasteiger partial charge is 0.220 e. The van der Waals surface area contributed by atoms with Crippen LogP contribution >= 0.6 is 15.9 Å². The lowest BCUT2D eigenvalue weighted by atomic mass is 10.1. The molecule has 0 fully saturated rings. The number of rotatable bonds is 8. The number of amides is 1. The molecule has 0 heterocycles. The van der Waals surface area contributed by atoms with E-state index in [0.717, 1.165) is 22.2 Å². The van der Waals surface area contributed by atoms with Crippen LogP contribution in [0.3, 0.4) is 0 Å². The van der Waals surface area contributed by atoms with Crippen LogP contribution in [0, 0.1) is 0 Å². The van der Waals surface area contributed by atoms with Crippen molar-refractivity contribution in [3.8, 4) is 5.75 Å². The summed E-state index contributed by atoms with van der Waals surface area (Å²) in [4.78, 5) is 23.8. The number of carbonyl (C=O) groups excluding carboxylic acids is 2. The normalized spacial score (nSPS) is 10.2. The maximum Gasteiger partial charge on any atom is 0.220 e. The van der Waals surface area contributed by atoms with Gasteiger partial charge in [0.15, 0.2) is 5.78 Å². The first kappa shape index (κ1) is 18.2. The fourth-order valence-corrected chi connectivity index (χ4v) is 2.50. The Morgan fingerprint density at radius 1 is 1.00 bits per heavy atom. The van der Waals surface area contributed by atoms with Crippen LogP contribution in [-0.2, 0) is 11.2 Å². The van der Waals surface area contributed by atoms with Gasteiger partial charge in [0.05, 0.1) is 7.11 Å². The van der Waals surface area contributed by atoms with Crippen LogP contribution in [-0.4, -0.2) is 25.3 Å². The van der Waals surface area contributed by atoms with Gasteiger partial charge < -0.3 is 10.1 Å². The minimum Gasteiger partial charge on any atom is -0.497 e. The summed E-state index contributed by atoms with van der Waals surface area (Å²) in [5.41, 5.74) is 1.76. The summed E-state index contributed by atoms with van der Waals surface area (Å²) in [7, 11) is 1.63. The number of hydrogen-bond donors (Lipinski definition) is 1. The predicted octanol–water partition coefficient (Wildman–Crippen LogP) is 3.78. The third-order valence-electron chi connectivity index (χ3n) is 3.64. The molecule has 1 N–H and O–H groups in total. The van der Waals surface area contributed by atoms with Gasteiger partial charge >= 0.3 is 0 Å². The number of Topliss-reactive ketones (excluding diaryl/α,β-unsaturated/α-hetero) is 1. The van der Waals surface area contributed by atoms with E-state index in [-0.39, 0.29) is 24.5 Å². The Morgan fingerprint density at radius 2 is 1.67 bits per heavy atom. The van der Waals surface area contributed by atoms with Gasteiger partial charge in [-0.15, -0.1) is 0 Å². The highest BCUT2D eigenvalue weighted by molar-refractivity contribution is 9.10. The Bertz CT molecular complexity index is 681. The first-order chi connectivity index (χ1) is 11.6. The van der Waals surface area contributed by atoms with Crippen LogP contribution in [0.1, 0.15) is 28.8 Å². The van der Waals surface area contributed by atoms with Gasteiger partial charge in [-0.25, -0.2) is 0 Å². The Morgan fingerprint density at radius 3 is 2.29 bits per heavy atom. The number of halogens is 1. The average molecular weight is 390 g/mol. The first-order valence-electron chi connectivity index (χ1n) is 7.77. The largest absolute Gasteiger partial charge is 0.497 e. The molecule has 0 aliphatic carbocycles. The van der Waals surface area contributed by atoms with Gasteiger partial charge in [0.2, 0.25) is 5.91 Å². The lowest BCUT2D eigenvalue weighted by Crippen LogP contribution is -2.26. The summed E-state index contributed by atoms with van der Waals surface area (Å²) in [6.45, 7) is 0.553. The second-order valence-electron chi connectivity index (χ2n) is 5.38. The number of carbonyl (C=O) groups is 2. The lowest BCUT2D eigenvalue weighted by Gasteiger charge is -2.06. The Labute approximate surface area is 150 Å². The second-order valence-corrected chi connectivity index (χ2v) is 6.29. The molecule has 126 valence electrons. The van der Waals surface area contributed by atoms with E-state index in [1.807, 2.05) is 36.4 Å². The van der Waals surface area contributed by atoms with E-state index < -0.39 is 0 Å². The van der Waals surface area contributed by atoms with Crippen molar-refractivity contribution >= 4 is 27.6 Å². The monoisotopic (exact) mass is 389 g/mol. The molecule has 2 rings (SSSR count). The summed E-state index contributed by atoms with van der Waals surface area (Å²) in [5.74, 6) is 0.691. The molecule has 0 aliphatic rings. The molecule has 1 amide bonds. The summed E-state index contributed by atoms with van der Waals surface area (Å²) >= 11 is 3.33. The predicted molar refractivity (Wildman–Crippen MR) is 97.4 cm³/mol. The molecule has 0 radical (unpaired) electrons. The van der Waals surface area contributed by atoms with E-state index in [4.69, 9.17) is 4.74 Å². The topological polar surface area (TPSA) is 55.4 Å². The molecule has 0 aromatic heterocycles. The van der Waals surface area contributed by atoms with Crippen LogP contribution in [0.25, 0.3) is 0 Å². The van der Waals surface area contributed by atoms with Gasteiger partial charge in [0.1, 0.15) is 5.75 Å². The Kier molecular flexibility index (Phi) is 7.00. The number of methoxy groups -OCH3 is 1.